The Labute approximate surface area is 83.7 Å². The average molecular weight is 189 g/mol. The topological polar surface area (TPSA) is 32.3 Å². The van der Waals surface area contributed by atoms with E-state index in [4.69, 9.17) is 0 Å². The van der Waals surface area contributed by atoms with E-state index in [0.29, 0.717) is 0 Å². The molecule has 1 aliphatic heterocycles. The smallest absolute Gasteiger partial charge is 0.253 e. The standard InChI is InChI=1S/C11H13N2O/c14-11(10-4-2-1-3-5-10)13-8-6-12-7-9-13/h1-2,4-5,12H,6-9H2. The molecule has 0 spiro atoms. The Hall–Kier alpha value is -1.35. The molecule has 0 saturated carbocycles. The predicted molar refractivity (Wildman–Crippen MR) is 54.1 cm³/mol. The van der Waals surface area contributed by atoms with Crippen molar-refractivity contribution in [2.45, 2.75) is 0 Å². The number of amides is 1. The fraction of sp³-hybridized carbons (Fsp3) is 0.364. The molecule has 0 aliphatic carbocycles. The largest absolute Gasteiger partial charge is 0.336 e. The molecule has 1 radical (unpaired) electrons. The normalized spacial score (nSPS) is 16.7. The molecule has 0 atom stereocenters. The van der Waals surface area contributed by atoms with Gasteiger partial charge in [-0.05, 0) is 18.2 Å². The number of benzene rings is 1. The molecule has 0 aromatic heterocycles. The van der Waals surface area contributed by atoms with E-state index in [-0.39, 0.29) is 5.91 Å². The number of rotatable bonds is 1. The second-order valence-corrected chi connectivity index (χ2v) is 3.33. The van der Waals surface area contributed by atoms with E-state index in [9.17, 15) is 4.79 Å². The van der Waals surface area contributed by atoms with Crippen molar-refractivity contribution in [3.05, 3.63) is 35.9 Å². The molecule has 1 amide bonds. The molecule has 1 aromatic rings. The highest BCUT2D eigenvalue weighted by Gasteiger charge is 2.16. The van der Waals surface area contributed by atoms with Gasteiger partial charge in [0.05, 0.1) is 0 Å². The summed E-state index contributed by atoms with van der Waals surface area (Å²) in [4.78, 5) is 13.8. The van der Waals surface area contributed by atoms with Gasteiger partial charge in [-0.25, -0.2) is 0 Å². The van der Waals surface area contributed by atoms with Crippen molar-refractivity contribution in [3.63, 3.8) is 0 Å². The lowest BCUT2D eigenvalue weighted by Gasteiger charge is -2.27. The zero-order valence-electron chi connectivity index (χ0n) is 7.99. The number of carbonyl (C=O) groups excluding carboxylic acids is 1. The maximum absolute atomic E-state index is 11.9. The number of hydrogen-bond donors (Lipinski definition) is 1. The maximum atomic E-state index is 11.9. The SMILES string of the molecule is O=C(c1c[c]ccc1)N1CCNCC1. The van der Waals surface area contributed by atoms with E-state index in [1.165, 1.54) is 0 Å². The van der Waals surface area contributed by atoms with Crippen LogP contribution in [0.2, 0.25) is 0 Å². The van der Waals surface area contributed by atoms with E-state index in [1.54, 1.807) is 12.1 Å². The molecular weight excluding hydrogens is 176 g/mol. The molecule has 73 valence electrons. The van der Waals surface area contributed by atoms with Crippen LogP contribution in [-0.2, 0) is 0 Å². The highest BCUT2D eigenvalue weighted by molar-refractivity contribution is 5.94. The van der Waals surface area contributed by atoms with E-state index in [2.05, 4.69) is 11.4 Å². The maximum Gasteiger partial charge on any atom is 0.253 e. The van der Waals surface area contributed by atoms with E-state index < -0.39 is 0 Å². The first-order chi connectivity index (χ1) is 6.88. The van der Waals surface area contributed by atoms with Crippen LogP contribution in [0.5, 0.6) is 0 Å². The minimum atomic E-state index is 0.114. The zero-order chi connectivity index (χ0) is 9.80. The highest BCUT2D eigenvalue weighted by atomic mass is 16.2. The third-order valence-electron chi connectivity index (χ3n) is 2.36. The van der Waals surface area contributed by atoms with Crippen molar-refractivity contribution in [3.8, 4) is 0 Å². The van der Waals surface area contributed by atoms with E-state index in [1.807, 2.05) is 17.0 Å². The fourth-order valence-electron chi connectivity index (χ4n) is 1.58. The number of nitrogens with zero attached hydrogens (tertiary/aromatic N) is 1. The Bertz CT molecular complexity index is 304. The first-order valence-corrected chi connectivity index (χ1v) is 4.84. The predicted octanol–water partition coefficient (Wildman–Crippen LogP) is 0.532. The van der Waals surface area contributed by atoms with Crippen LogP contribution >= 0.6 is 0 Å². The molecular formula is C11H13N2O. The Morgan fingerprint density at radius 3 is 2.86 bits per heavy atom. The number of carbonyl (C=O) groups is 1. The van der Waals surface area contributed by atoms with E-state index >= 15 is 0 Å². The second kappa shape index (κ2) is 4.24. The van der Waals surface area contributed by atoms with Crippen LogP contribution in [0.4, 0.5) is 0 Å². The molecule has 1 fully saturated rings. The molecule has 1 aromatic carbocycles. The van der Waals surface area contributed by atoms with Crippen LogP contribution in [0.1, 0.15) is 10.4 Å². The molecule has 1 heterocycles. The van der Waals surface area contributed by atoms with Gasteiger partial charge in [-0.2, -0.15) is 0 Å². The number of piperazine rings is 1. The summed E-state index contributed by atoms with van der Waals surface area (Å²) in [6, 6.07) is 10.1. The molecule has 1 N–H and O–H groups in total. The van der Waals surface area contributed by atoms with Crippen molar-refractivity contribution in [1.29, 1.82) is 0 Å². The van der Waals surface area contributed by atoms with Gasteiger partial charge in [0.15, 0.2) is 0 Å². The van der Waals surface area contributed by atoms with Gasteiger partial charge >= 0.3 is 0 Å². The van der Waals surface area contributed by atoms with Gasteiger partial charge in [0.25, 0.3) is 5.91 Å². The zero-order valence-corrected chi connectivity index (χ0v) is 7.99. The Kier molecular flexibility index (Phi) is 2.79. The van der Waals surface area contributed by atoms with Gasteiger partial charge in [0.1, 0.15) is 0 Å². The van der Waals surface area contributed by atoms with Gasteiger partial charge in [0, 0.05) is 31.7 Å². The number of hydrogen-bond acceptors (Lipinski definition) is 2. The lowest BCUT2D eigenvalue weighted by Crippen LogP contribution is -2.46. The van der Waals surface area contributed by atoms with Crippen LogP contribution in [0, 0.1) is 6.07 Å². The van der Waals surface area contributed by atoms with Crippen molar-refractivity contribution >= 4 is 5.91 Å². The minimum Gasteiger partial charge on any atom is -0.336 e. The third kappa shape index (κ3) is 1.93. The lowest BCUT2D eigenvalue weighted by molar-refractivity contribution is 0.0736. The summed E-state index contributed by atoms with van der Waals surface area (Å²) in [5.74, 6) is 0.114. The van der Waals surface area contributed by atoms with Crippen molar-refractivity contribution < 1.29 is 4.79 Å². The summed E-state index contributed by atoms with van der Waals surface area (Å²) in [6.45, 7) is 3.38. The monoisotopic (exact) mass is 189 g/mol. The van der Waals surface area contributed by atoms with Gasteiger partial charge in [-0.15, -0.1) is 0 Å². The Morgan fingerprint density at radius 1 is 1.43 bits per heavy atom. The van der Waals surface area contributed by atoms with Crippen molar-refractivity contribution in [2.24, 2.45) is 0 Å². The van der Waals surface area contributed by atoms with Crippen LogP contribution < -0.4 is 5.32 Å². The second-order valence-electron chi connectivity index (χ2n) is 3.33. The summed E-state index contributed by atoms with van der Waals surface area (Å²) < 4.78 is 0. The summed E-state index contributed by atoms with van der Waals surface area (Å²) in [6.07, 6.45) is 0. The third-order valence-corrected chi connectivity index (χ3v) is 2.36. The summed E-state index contributed by atoms with van der Waals surface area (Å²) in [5.41, 5.74) is 0.731. The molecule has 1 aliphatic rings. The van der Waals surface area contributed by atoms with E-state index in [0.717, 1.165) is 31.7 Å². The molecule has 3 nitrogen and oxygen atoms in total. The summed E-state index contributed by atoms with van der Waals surface area (Å²) in [7, 11) is 0. The summed E-state index contributed by atoms with van der Waals surface area (Å²) in [5, 5.41) is 3.22. The molecule has 0 unspecified atom stereocenters. The summed E-state index contributed by atoms with van der Waals surface area (Å²) >= 11 is 0. The quantitative estimate of drug-likeness (QED) is 0.699. The van der Waals surface area contributed by atoms with Gasteiger partial charge < -0.3 is 10.2 Å². The van der Waals surface area contributed by atoms with Crippen LogP contribution in [0.25, 0.3) is 0 Å². The molecule has 0 bridgehead atoms. The average Bonchev–Trinajstić information content (AvgIpc) is 2.30. The molecule has 2 rings (SSSR count). The fourth-order valence-corrected chi connectivity index (χ4v) is 1.58. The number of nitrogens with one attached hydrogen (secondary N) is 1. The van der Waals surface area contributed by atoms with Crippen LogP contribution in [0.3, 0.4) is 0 Å². The molecule has 14 heavy (non-hydrogen) atoms. The first-order valence-electron chi connectivity index (χ1n) is 4.84. The highest BCUT2D eigenvalue weighted by Crippen LogP contribution is 2.04. The van der Waals surface area contributed by atoms with Crippen molar-refractivity contribution in [2.75, 3.05) is 26.2 Å². The van der Waals surface area contributed by atoms with Gasteiger partial charge in [-0.1, -0.05) is 12.1 Å². The first kappa shape index (κ1) is 9.21. The molecule has 3 heteroatoms. The molecule has 1 saturated heterocycles. The lowest BCUT2D eigenvalue weighted by atomic mass is 10.2. The van der Waals surface area contributed by atoms with Gasteiger partial charge in [-0.3, -0.25) is 4.79 Å². The Morgan fingerprint density at radius 2 is 2.21 bits per heavy atom. The van der Waals surface area contributed by atoms with Crippen molar-refractivity contribution in [1.82, 2.24) is 10.2 Å². The van der Waals surface area contributed by atoms with Crippen LogP contribution in [-0.4, -0.2) is 37.0 Å². The Balaban J connectivity index is 2.07. The minimum absolute atomic E-state index is 0.114. The van der Waals surface area contributed by atoms with Gasteiger partial charge in [0.2, 0.25) is 0 Å². The van der Waals surface area contributed by atoms with Crippen LogP contribution in [0.15, 0.2) is 24.3 Å².